The zero-order chi connectivity index (χ0) is 48.4. The zero-order valence-electron chi connectivity index (χ0n) is 38.0. The van der Waals surface area contributed by atoms with Crippen molar-refractivity contribution >= 4 is 92.9 Å². The van der Waals surface area contributed by atoms with Crippen molar-refractivity contribution in [1.82, 2.24) is 18.3 Å². The van der Waals surface area contributed by atoms with Gasteiger partial charge in [-0.25, -0.2) is 4.85 Å². The van der Waals surface area contributed by atoms with E-state index in [1.54, 1.807) is 12.1 Å². The van der Waals surface area contributed by atoms with Crippen LogP contribution in [0.1, 0.15) is 11.1 Å². The van der Waals surface area contributed by atoms with Crippen LogP contribution in [0.15, 0.2) is 212 Å². The summed E-state index contributed by atoms with van der Waals surface area (Å²) in [5.74, 6) is 0. The second kappa shape index (κ2) is 15.3. The van der Waals surface area contributed by atoms with Crippen molar-refractivity contribution in [2.24, 2.45) is 0 Å². The highest BCUT2D eigenvalue weighted by molar-refractivity contribution is 6.28. The van der Waals surface area contributed by atoms with E-state index in [0.29, 0.717) is 11.4 Å². The van der Waals surface area contributed by atoms with Gasteiger partial charge in [0.25, 0.3) is 0 Å². The van der Waals surface area contributed by atoms with Gasteiger partial charge in [-0.3, -0.25) is 0 Å². The molecule has 14 aromatic rings. The average molecular weight is 933 g/mol. The van der Waals surface area contributed by atoms with E-state index in [4.69, 9.17) is 6.57 Å². The number of benzene rings is 10. The highest BCUT2D eigenvalue weighted by atomic mass is 19.4. The Hall–Kier alpha value is -9.83. The summed E-state index contributed by atoms with van der Waals surface area (Å²) >= 11 is 0. The molecule has 0 spiro atoms. The maximum Gasteiger partial charge on any atom is 0.415 e. The number of halogens is 3. The van der Waals surface area contributed by atoms with E-state index in [-0.39, 0.29) is 22.4 Å². The minimum atomic E-state index is -4.88. The Bertz CT molecular complexity index is 4440. The first-order valence-electron chi connectivity index (χ1n) is 23.5. The van der Waals surface area contributed by atoms with E-state index in [2.05, 4.69) is 92.8 Å². The molecule has 338 valence electrons. The molecule has 14 rings (SSSR count). The van der Waals surface area contributed by atoms with Crippen LogP contribution in [0, 0.1) is 17.9 Å². The lowest BCUT2D eigenvalue weighted by Gasteiger charge is -2.24. The van der Waals surface area contributed by atoms with E-state index < -0.39 is 11.7 Å². The molecule has 0 unspecified atom stereocenters. The Morgan fingerprint density at radius 1 is 0.403 bits per heavy atom. The van der Waals surface area contributed by atoms with Crippen molar-refractivity contribution in [1.29, 1.82) is 5.26 Å². The number of hydrogen-bond acceptors (Lipinski definition) is 1. The molecule has 0 aliphatic rings. The van der Waals surface area contributed by atoms with Gasteiger partial charge in [-0.2, -0.15) is 18.4 Å². The minimum Gasteiger partial charge on any atom is -0.309 e. The molecule has 0 saturated heterocycles. The molecule has 4 aromatic heterocycles. The number of alkyl halides is 3. The monoisotopic (exact) mass is 932 g/mol. The molecule has 72 heavy (non-hydrogen) atoms. The molecule has 0 bridgehead atoms. The summed E-state index contributed by atoms with van der Waals surface area (Å²) in [4.78, 5) is 3.87. The molecule has 9 heteroatoms. The van der Waals surface area contributed by atoms with Crippen LogP contribution >= 0.6 is 0 Å². The fourth-order valence-electron chi connectivity index (χ4n) is 11.6. The molecular formula is C63H35F3N6. The fourth-order valence-corrected chi connectivity index (χ4v) is 11.6. The molecule has 0 N–H and O–H groups in total. The average Bonchev–Trinajstić information content (AvgIpc) is 4.15. The molecule has 10 aromatic carbocycles. The predicted molar refractivity (Wildman–Crippen MR) is 285 cm³/mol. The molecule has 0 aliphatic carbocycles. The highest BCUT2D eigenvalue weighted by Gasteiger charge is 2.37. The van der Waals surface area contributed by atoms with Crippen molar-refractivity contribution in [3.8, 4) is 39.9 Å². The Kier molecular flexibility index (Phi) is 8.77. The van der Waals surface area contributed by atoms with Crippen LogP contribution < -0.4 is 0 Å². The Morgan fingerprint density at radius 2 is 0.819 bits per heavy atom. The van der Waals surface area contributed by atoms with Crippen molar-refractivity contribution in [2.75, 3.05) is 0 Å². The molecule has 0 aliphatic heterocycles. The van der Waals surface area contributed by atoms with Crippen LogP contribution in [0.2, 0.25) is 0 Å². The van der Waals surface area contributed by atoms with Crippen LogP contribution in [0.3, 0.4) is 0 Å². The van der Waals surface area contributed by atoms with E-state index in [1.807, 2.05) is 118 Å². The summed E-state index contributed by atoms with van der Waals surface area (Å²) in [6.45, 7) is 8.58. The van der Waals surface area contributed by atoms with Crippen molar-refractivity contribution in [3.05, 3.63) is 235 Å². The highest BCUT2D eigenvalue weighted by Crippen LogP contribution is 2.52. The SMILES string of the molecule is [C-]#[N+]c1cccc(C(F)(F)F)c1-c1c(-n2c3ccccc3c3ccc4c(c5ccccc5n4-c4ccccc4)c32)cc(C#N)cc1-n1c2ccccc2c2ccc3c(c4ccccc4n3-c3ccccc3)c21. The van der Waals surface area contributed by atoms with Crippen LogP contribution in [0.25, 0.3) is 126 Å². The second-order valence-electron chi connectivity index (χ2n) is 18.1. The van der Waals surface area contributed by atoms with Gasteiger partial charge in [-0.15, -0.1) is 0 Å². The summed E-state index contributed by atoms with van der Waals surface area (Å²) in [6, 6.07) is 70.5. The Morgan fingerprint density at radius 3 is 1.25 bits per heavy atom. The molecule has 0 amide bonds. The summed E-state index contributed by atoms with van der Waals surface area (Å²) in [5, 5.41) is 18.4. The van der Waals surface area contributed by atoms with Crippen LogP contribution in [0.4, 0.5) is 18.9 Å². The van der Waals surface area contributed by atoms with Crippen molar-refractivity contribution in [3.63, 3.8) is 0 Å². The number of rotatable bonds is 5. The van der Waals surface area contributed by atoms with Gasteiger partial charge in [0.05, 0.1) is 79.3 Å². The van der Waals surface area contributed by atoms with Gasteiger partial charge < -0.3 is 18.3 Å². The fraction of sp³-hybridized carbons (Fsp3) is 0.0159. The van der Waals surface area contributed by atoms with Gasteiger partial charge in [0.2, 0.25) is 0 Å². The van der Waals surface area contributed by atoms with Gasteiger partial charge in [0.1, 0.15) is 0 Å². The lowest BCUT2D eigenvalue weighted by atomic mass is 9.92. The van der Waals surface area contributed by atoms with Crippen LogP contribution in [-0.2, 0) is 6.18 Å². The molecular weight excluding hydrogens is 898 g/mol. The number of nitriles is 1. The third kappa shape index (κ3) is 5.70. The van der Waals surface area contributed by atoms with Gasteiger partial charge >= 0.3 is 6.18 Å². The lowest BCUT2D eigenvalue weighted by Crippen LogP contribution is -2.11. The van der Waals surface area contributed by atoms with Crippen LogP contribution in [-0.4, -0.2) is 18.3 Å². The second-order valence-corrected chi connectivity index (χ2v) is 18.1. The van der Waals surface area contributed by atoms with Gasteiger partial charge in [-0.1, -0.05) is 140 Å². The normalized spacial score (nSPS) is 12.1. The predicted octanol–water partition coefficient (Wildman–Crippen LogP) is 17.2. The largest absolute Gasteiger partial charge is 0.415 e. The lowest BCUT2D eigenvalue weighted by molar-refractivity contribution is -0.137. The Balaban J connectivity index is 1.24. The summed E-state index contributed by atoms with van der Waals surface area (Å²) in [6.07, 6.45) is -4.88. The maximum absolute atomic E-state index is 16.1. The van der Waals surface area contributed by atoms with E-state index in [1.165, 1.54) is 12.1 Å². The van der Waals surface area contributed by atoms with Gasteiger partial charge in [-0.05, 0) is 72.8 Å². The topological polar surface area (TPSA) is 47.9 Å². The third-order valence-electron chi connectivity index (χ3n) is 14.4. The first-order valence-corrected chi connectivity index (χ1v) is 23.5. The number of hydrogen-bond donors (Lipinski definition) is 0. The molecule has 0 fully saturated rings. The maximum atomic E-state index is 16.1. The smallest absolute Gasteiger partial charge is 0.309 e. The van der Waals surface area contributed by atoms with Crippen molar-refractivity contribution in [2.45, 2.75) is 6.18 Å². The summed E-state index contributed by atoms with van der Waals surface area (Å²) in [7, 11) is 0. The molecule has 0 atom stereocenters. The molecule has 6 nitrogen and oxygen atoms in total. The number of para-hydroxylation sites is 6. The minimum absolute atomic E-state index is 0.158. The van der Waals surface area contributed by atoms with Gasteiger partial charge in [0, 0.05) is 65.6 Å². The van der Waals surface area contributed by atoms with Crippen LogP contribution in [0.5, 0.6) is 0 Å². The van der Waals surface area contributed by atoms with E-state index in [9.17, 15) is 5.26 Å². The molecule has 4 heterocycles. The number of aromatic nitrogens is 4. The quantitative estimate of drug-likeness (QED) is 0.159. The zero-order valence-corrected chi connectivity index (χ0v) is 38.0. The standard InChI is InChI=1S/C63H35F3N6/c1-68-48-26-16-25-47(63(64,65)66)59(48)60-55(71-49-27-12-8-21-41(49)43-31-33-53-57(61(43)71)45-23-10-14-29-51(45)69(53)39-17-4-2-5-18-39)35-38(37-67)36-56(60)72-50-28-13-9-22-42(50)44-32-34-54-58(62(44)72)46-24-11-15-30-52(46)70(54)40-19-6-3-7-20-40/h2-36H. The van der Waals surface area contributed by atoms with Crippen molar-refractivity contribution < 1.29 is 13.2 Å². The summed E-state index contributed by atoms with van der Waals surface area (Å²) in [5.41, 5.74) is 8.20. The summed E-state index contributed by atoms with van der Waals surface area (Å²) < 4.78 is 56.7. The van der Waals surface area contributed by atoms with E-state index >= 15 is 13.2 Å². The number of nitrogens with zero attached hydrogens (tertiary/aromatic N) is 6. The Labute approximate surface area is 408 Å². The van der Waals surface area contributed by atoms with Gasteiger partial charge in [0.15, 0.2) is 5.69 Å². The number of fused-ring (bicyclic) bond motifs is 14. The molecule has 0 radical (unpaired) electrons. The molecule has 0 saturated carbocycles. The first-order chi connectivity index (χ1) is 35.3. The first kappa shape index (κ1) is 41.2. The van der Waals surface area contributed by atoms with E-state index in [0.717, 1.165) is 105 Å². The third-order valence-corrected chi connectivity index (χ3v) is 14.4.